The van der Waals surface area contributed by atoms with Gasteiger partial charge in [-0.3, -0.25) is 4.99 Å². The van der Waals surface area contributed by atoms with Gasteiger partial charge < -0.3 is 14.9 Å². The van der Waals surface area contributed by atoms with Crippen LogP contribution in [0.2, 0.25) is 0 Å². The van der Waals surface area contributed by atoms with Gasteiger partial charge in [-0.2, -0.15) is 0 Å². The summed E-state index contributed by atoms with van der Waals surface area (Å²) in [6.07, 6.45) is 5.40. The summed E-state index contributed by atoms with van der Waals surface area (Å²) in [6, 6.07) is 46.0. The molecule has 0 saturated heterocycles. The molecule has 2 N–H and O–H groups in total. The third-order valence-electron chi connectivity index (χ3n) is 8.92. The van der Waals surface area contributed by atoms with Crippen molar-refractivity contribution in [2.75, 3.05) is 0 Å². The molecule has 1 aliphatic carbocycles. The Balaban J connectivity index is 1.30. The van der Waals surface area contributed by atoms with Crippen LogP contribution in [0.15, 0.2) is 150 Å². The summed E-state index contributed by atoms with van der Waals surface area (Å²) < 4.78 is 4.76. The maximum absolute atomic E-state index is 6.50. The summed E-state index contributed by atoms with van der Waals surface area (Å²) in [6.45, 7) is 0.447. The minimum absolute atomic E-state index is 0.441. The predicted molar refractivity (Wildman–Crippen MR) is 192 cm³/mol. The fraction of sp³-hybridized carbons (Fsp3) is 0.0732. The molecule has 46 heavy (non-hydrogen) atoms. The lowest BCUT2D eigenvalue weighted by Crippen LogP contribution is -2.16. The third kappa shape index (κ3) is 4.65. The molecule has 8 rings (SSSR count). The van der Waals surface area contributed by atoms with Gasteiger partial charge in [-0.15, -0.1) is 0 Å². The van der Waals surface area contributed by atoms with E-state index in [1.165, 1.54) is 44.3 Å². The zero-order valence-electron chi connectivity index (χ0n) is 25.6. The van der Waals surface area contributed by atoms with Crippen molar-refractivity contribution in [2.45, 2.75) is 13.0 Å². The molecular formula is C41H33N5. The monoisotopic (exact) mass is 595 g/mol. The highest BCUT2D eigenvalue weighted by atomic mass is 15.0. The first-order valence-corrected chi connectivity index (χ1v) is 15.6. The maximum Gasteiger partial charge on any atom is 0.157 e. The van der Waals surface area contributed by atoms with Gasteiger partial charge in [-0.1, -0.05) is 121 Å². The second-order valence-electron chi connectivity index (χ2n) is 11.6. The van der Waals surface area contributed by atoms with Crippen LogP contribution in [0.1, 0.15) is 28.1 Å². The van der Waals surface area contributed by atoms with Crippen LogP contribution in [0.5, 0.6) is 0 Å². The highest BCUT2D eigenvalue weighted by Gasteiger charge is 2.26. The van der Waals surface area contributed by atoms with E-state index in [1.807, 2.05) is 60.7 Å². The number of nitrogens with zero attached hydrogens (tertiary/aromatic N) is 4. The topological polar surface area (TPSA) is 60.6 Å². The fourth-order valence-corrected chi connectivity index (χ4v) is 6.78. The van der Waals surface area contributed by atoms with Gasteiger partial charge in [-0.25, -0.2) is 4.99 Å². The van der Waals surface area contributed by atoms with Crippen LogP contribution in [-0.4, -0.2) is 20.8 Å². The maximum atomic E-state index is 6.50. The van der Waals surface area contributed by atoms with E-state index in [0.29, 0.717) is 18.2 Å². The second-order valence-corrected chi connectivity index (χ2v) is 11.6. The van der Waals surface area contributed by atoms with Crippen LogP contribution >= 0.6 is 0 Å². The zero-order chi connectivity index (χ0) is 31.0. The van der Waals surface area contributed by atoms with Crippen LogP contribution < -0.4 is 5.73 Å². The number of nitrogens with two attached hydrogens (primary N) is 1. The van der Waals surface area contributed by atoms with Crippen LogP contribution in [0.4, 0.5) is 0 Å². The smallest absolute Gasteiger partial charge is 0.157 e. The summed E-state index contributed by atoms with van der Waals surface area (Å²) in [7, 11) is 2.17. The first kappa shape index (κ1) is 27.6. The van der Waals surface area contributed by atoms with Gasteiger partial charge in [0.2, 0.25) is 0 Å². The Hall–Kier alpha value is -5.94. The fourth-order valence-electron chi connectivity index (χ4n) is 6.78. The van der Waals surface area contributed by atoms with Crippen molar-refractivity contribution < 1.29 is 0 Å². The highest BCUT2D eigenvalue weighted by molar-refractivity contribution is 6.12. The van der Waals surface area contributed by atoms with Gasteiger partial charge in [0, 0.05) is 63.4 Å². The van der Waals surface area contributed by atoms with Gasteiger partial charge in [0.1, 0.15) is 5.84 Å². The van der Waals surface area contributed by atoms with Crippen molar-refractivity contribution in [2.24, 2.45) is 22.8 Å². The Kier molecular flexibility index (Phi) is 6.92. The molecule has 0 radical (unpaired) electrons. The van der Waals surface area contributed by atoms with Gasteiger partial charge in [0.25, 0.3) is 0 Å². The summed E-state index contributed by atoms with van der Waals surface area (Å²) in [4.78, 5) is 9.95. The molecule has 7 aromatic rings. The molecule has 5 heteroatoms. The van der Waals surface area contributed by atoms with E-state index in [4.69, 9.17) is 15.7 Å². The molecule has 2 heterocycles. The average molecular weight is 596 g/mol. The van der Waals surface area contributed by atoms with E-state index < -0.39 is 0 Å². The standard InChI is InChI=1S/C41H33N5/c1-45-34-23-12-9-20-31(34)38-36(45)25-14-26-37-39(38)32-21-10-13-24-35(32)46(37)33-22-11-8-19-30(33)27-43-41(29-17-6-3-7-18-29)44-40(42)28-15-4-2-5-16-28/h2-25H,26-27H2,1H3,(H2,42,43,44). The Morgan fingerprint density at radius 3 is 2.04 bits per heavy atom. The van der Waals surface area contributed by atoms with Gasteiger partial charge in [0.15, 0.2) is 5.84 Å². The SMILES string of the molecule is Cn1c2c(c3ccccc31)-c1c(n(-c3ccccc3C/N=C(\N=C(/N)c3ccccc3)c3ccccc3)c3ccccc13)CC=C2. The molecule has 0 saturated carbocycles. The molecule has 222 valence electrons. The lowest BCUT2D eigenvalue weighted by Gasteiger charge is -2.15. The first-order valence-electron chi connectivity index (χ1n) is 15.6. The van der Waals surface area contributed by atoms with Gasteiger partial charge in [-0.05, 0) is 29.8 Å². The molecule has 0 amide bonds. The summed E-state index contributed by atoms with van der Waals surface area (Å²) in [5, 5.41) is 2.53. The lowest BCUT2D eigenvalue weighted by atomic mass is 9.99. The van der Waals surface area contributed by atoms with Gasteiger partial charge in [0.05, 0.1) is 17.7 Å². The molecule has 0 aliphatic heterocycles. The van der Waals surface area contributed by atoms with E-state index in [-0.39, 0.29) is 0 Å². The number of aryl methyl sites for hydroxylation is 1. The van der Waals surface area contributed by atoms with Crippen molar-refractivity contribution in [3.63, 3.8) is 0 Å². The lowest BCUT2D eigenvalue weighted by molar-refractivity contribution is 0.956. The van der Waals surface area contributed by atoms with Crippen molar-refractivity contribution in [1.29, 1.82) is 0 Å². The van der Waals surface area contributed by atoms with Crippen LogP contribution in [0.25, 0.3) is 44.7 Å². The predicted octanol–water partition coefficient (Wildman–Crippen LogP) is 8.71. The van der Waals surface area contributed by atoms with E-state index in [1.54, 1.807) is 0 Å². The molecule has 0 bridgehead atoms. The molecule has 0 atom stereocenters. The average Bonchev–Trinajstić information content (AvgIpc) is 3.48. The Morgan fingerprint density at radius 2 is 1.28 bits per heavy atom. The minimum Gasteiger partial charge on any atom is -0.383 e. The number of rotatable bonds is 5. The summed E-state index contributed by atoms with van der Waals surface area (Å²) in [5.41, 5.74) is 18.1. The van der Waals surface area contributed by atoms with E-state index >= 15 is 0 Å². The highest BCUT2D eigenvalue weighted by Crippen LogP contribution is 2.45. The number of para-hydroxylation sites is 3. The molecular weight excluding hydrogens is 562 g/mol. The number of allylic oxidation sites excluding steroid dienone is 1. The first-order chi connectivity index (χ1) is 22.7. The van der Waals surface area contributed by atoms with Crippen LogP contribution in [-0.2, 0) is 20.0 Å². The van der Waals surface area contributed by atoms with Crippen LogP contribution in [0, 0.1) is 0 Å². The number of hydrogen-bond donors (Lipinski definition) is 1. The molecule has 2 aromatic heterocycles. The Bertz CT molecular complexity index is 2320. The normalized spacial score (nSPS) is 13.2. The van der Waals surface area contributed by atoms with E-state index in [0.717, 1.165) is 28.8 Å². The van der Waals surface area contributed by atoms with Crippen molar-refractivity contribution in [3.05, 3.63) is 168 Å². The number of hydrogen-bond acceptors (Lipinski definition) is 1. The second kappa shape index (κ2) is 11.5. The quantitative estimate of drug-likeness (QED) is 0.157. The van der Waals surface area contributed by atoms with Crippen molar-refractivity contribution in [1.82, 2.24) is 9.13 Å². The molecule has 0 spiro atoms. The molecule has 5 aromatic carbocycles. The van der Waals surface area contributed by atoms with E-state index in [9.17, 15) is 0 Å². The van der Waals surface area contributed by atoms with Crippen LogP contribution in [0.3, 0.4) is 0 Å². The molecule has 0 unspecified atom stereocenters. The molecule has 1 aliphatic rings. The zero-order valence-corrected chi connectivity index (χ0v) is 25.6. The van der Waals surface area contributed by atoms with Gasteiger partial charge >= 0.3 is 0 Å². The Morgan fingerprint density at radius 1 is 0.674 bits per heavy atom. The third-order valence-corrected chi connectivity index (χ3v) is 8.92. The summed E-state index contributed by atoms with van der Waals surface area (Å²) in [5.74, 6) is 1.05. The van der Waals surface area contributed by atoms with E-state index in [2.05, 4.69) is 101 Å². The largest absolute Gasteiger partial charge is 0.383 e. The number of benzene rings is 5. The molecule has 5 nitrogen and oxygen atoms in total. The minimum atomic E-state index is 0.441. The number of aliphatic imine (C=N–C) groups is 2. The number of aromatic nitrogens is 2. The summed E-state index contributed by atoms with van der Waals surface area (Å²) >= 11 is 0. The van der Waals surface area contributed by atoms with Crippen molar-refractivity contribution in [3.8, 4) is 16.8 Å². The molecule has 0 fully saturated rings. The number of amidine groups is 2. The Labute approximate surface area is 268 Å². The number of fused-ring (bicyclic) bond motifs is 7. The van der Waals surface area contributed by atoms with Crippen molar-refractivity contribution >= 4 is 39.6 Å².